The van der Waals surface area contributed by atoms with Gasteiger partial charge in [0.15, 0.2) is 18.1 Å². The molecule has 0 radical (unpaired) electrons. The maximum atomic E-state index is 13.2. The minimum absolute atomic E-state index is 0.203. The molecule has 0 saturated carbocycles. The van der Waals surface area contributed by atoms with E-state index in [4.69, 9.17) is 26.2 Å². The van der Waals surface area contributed by atoms with Crippen LogP contribution in [0.4, 0.5) is 10.5 Å². The third-order valence-electron chi connectivity index (χ3n) is 4.90. The number of allylic oxidation sites excluding steroid dienone is 1. The lowest BCUT2D eigenvalue weighted by Gasteiger charge is -2.27. The van der Waals surface area contributed by atoms with Gasteiger partial charge in [-0.1, -0.05) is 23.7 Å². The number of carbonyl (C=O) groups is 4. The third-order valence-corrected chi connectivity index (χ3v) is 5.14. The van der Waals surface area contributed by atoms with Gasteiger partial charge in [-0.05, 0) is 54.8 Å². The van der Waals surface area contributed by atoms with Gasteiger partial charge in [-0.3, -0.25) is 14.9 Å². The molecule has 0 aromatic heterocycles. The molecule has 0 spiro atoms. The molecule has 10 heteroatoms. The van der Waals surface area contributed by atoms with Crippen LogP contribution in [0.5, 0.6) is 11.5 Å². The molecule has 176 valence electrons. The van der Waals surface area contributed by atoms with Crippen LogP contribution in [0.2, 0.25) is 5.02 Å². The van der Waals surface area contributed by atoms with Gasteiger partial charge >= 0.3 is 12.0 Å². The van der Waals surface area contributed by atoms with E-state index in [9.17, 15) is 19.2 Å². The number of nitrogens with one attached hydrogen (secondary N) is 1. The van der Waals surface area contributed by atoms with E-state index in [0.29, 0.717) is 28.1 Å². The van der Waals surface area contributed by atoms with Crippen molar-refractivity contribution in [1.82, 2.24) is 5.32 Å². The van der Waals surface area contributed by atoms with E-state index in [2.05, 4.69) is 11.9 Å². The average molecular weight is 485 g/mol. The van der Waals surface area contributed by atoms with E-state index < -0.39 is 30.4 Å². The zero-order chi connectivity index (χ0) is 25.0. The summed E-state index contributed by atoms with van der Waals surface area (Å²) in [5, 5.41) is 11.4. The van der Waals surface area contributed by atoms with Crippen molar-refractivity contribution in [3.8, 4) is 11.5 Å². The molecule has 0 atom stereocenters. The Morgan fingerprint density at radius 3 is 2.62 bits per heavy atom. The fourth-order valence-electron chi connectivity index (χ4n) is 3.39. The number of carboxylic acid groups (broad SMARTS) is 1. The van der Waals surface area contributed by atoms with Gasteiger partial charge in [0.1, 0.15) is 5.57 Å². The quantitative estimate of drug-likeness (QED) is 0.334. The number of amides is 4. The van der Waals surface area contributed by atoms with Crippen LogP contribution in [0, 0.1) is 6.92 Å². The lowest BCUT2D eigenvalue weighted by atomic mass is 10.0. The Balaban J connectivity index is 2.08. The molecule has 0 unspecified atom stereocenters. The number of anilines is 1. The Kier molecular flexibility index (Phi) is 7.37. The molecule has 1 heterocycles. The van der Waals surface area contributed by atoms with Gasteiger partial charge in [0.05, 0.1) is 12.8 Å². The first kappa shape index (κ1) is 24.5. The van der Waals surface area contributed by atoms with Crippen molar-refractivity contribution < 1.29 is 33.8 Å². The van der Waals surface area contributed by atoms with Crippen LogP contribution in [0.15, 0.2) is 48.6 Å². The van der Waals surface area contributed by atoms with E-state index in [1.807, 2.05) is 0 Å². The number of hydrogen-bond acceptors (Lipinski definition) is 6. The number of urea groups is 1. The number of benzene rings is 2. The first-order valence-corrected chi connectivity index (χ1v) is 10.4. The Morgan fingerprint density at radius 2 is 1.97 bits per heavy atom. The Bertz CT molecular complexity index is 1240. The number of methoxy groups -OCH3 is 1. The molecule has 0 aliphatic carbocycles. The molecule has 4 amide bonds. The summed E-state index contributed by atoms with van der Waals surface area (Å²) in [6.45, 7) is 4.80. The Labute approximate surface area is 200 Å². The van der Waals surface area contributed by atoms with Gasteiger partial charge in [-0.25, -0.2) is 14.5 Å². The van der Waals surface area contributed by atoms with Crippen molar-refractivity contribution in [1.29, 1.82) is 0 Å². The number of hydrogen-bond donors (Lipinski definition) is 2. The topological polar surface area (TPSA) is 122 Å². The summed E-state index contributed by atoms with van der Waals surface area (Å²) in [4.78, 5) is 50.1. The number of carboxylic acids is 1. The fraction of sp³-hybridized carbons (Fsp3) is 0.167. The second-order valence-electron chi connectivity index (χ2n) is 7.28. The number of rotatable bonds is 8. The molecule has 1 aliphatic rings. The minimum atomic E-state index is -1.16. The van der Waals surface area contributed by atoms with E-state index in [0.717, 1.165) is 4.90 Å². The highest BCUT2D eigenvalue weighted by atomic mass is 35.5. The van der Waals surface area contributed by atoms with Crippen molar-refractivity contribution >= 4 is 47.2 Å². The van der Waals surface area contributed by atoms with Crippen molar-refractivity contribution in [3.05, 3.63) is 70.3 Å². The van der Waals surface area contributed by atoms with Gasteiger partial charge in [0.2, 0.25) is 0 Å². The number of barbiturate groups is 1. The SMILES string of the molecule is C=CCc1cc(/C=C2\C(=O)NC(=O)N(c3cc(Cl)ccc3C)C2=O)cc(OC)c1OCC(=O)O. The van der Waals surface area contributed by atoms with Crippen LogP contribution in [-0.2, 0) is 20.8 Å². The fourth-order valence-corrected chi connectivity index (χ4v) is 3.56. The monoisotopic (exact) mass is 484 g/mol. The van der Waals surface area contributed by atoms with Crippen molar-refractivity contribution in [2.45, 2.75) is 13.3 Å². The Morgan fingerprint density at radius 1 is 1.24 bits per heavy atom. The molecule has 9 nitrogen and oxygen atoms in total. The molecule has 2 aromatic carbocycles. The molecular weight excluding hydrogens is 464 g/mol. The minimum Gasteiger partial charge on any atom is -0.493 e. The molecule has 1 fully saturated rings. The summed E-state index contributed by atoms with van der Waals surface area (Å²) in [6, 6.07) is 6.95. The van der Waals surface area contributed by atoms with E-state index in [1.54, 1.807) is 31.2 Å². The highest BCUT2D eigenvalue weighted by molar-refractivity contribution is 6.39. The average Bonchev–Trinajstić information content (AvgIpc) is 2.77. The highest BCUT2D eigenvalue weighted by Gasteiger charge is 2.37. The number of imide groups is 2. The molecule has 1 saturated heterocycles. The maximum absolute atomic E-state index is 13.2. The second-order valence-corrected chi connectivity index (χ2v) is 7.71. The normalized spacial score (nSPS) is 14.7. The second kappa shape index (κ2) is 10.2. The predicted octanol–water partition coefficient (Wildman–Crippen LogP) is 3.52. The summed E-state index contributed by atoms with van der Waals surface area (Å²) < 4.78 is 10.7. The third kappa shape index (κ3) is 5.10. The maximum Gasteiger partial charge on any atom is 0.341 e. The van der Waals surface area contributed by atoms with Crippen molar-refractivity contribution in [3.63, 3.8) is 0 Å². The molecule has 3 rings (SSSR count). The summed E-state index contributed by atoms with van der Waals surface area (Å²) in [6.07, 6.45) is 3.20. The van der Waals surface area contributed by atoms with Crippen LogP contribution < -0.4 is 19.7 Å². The van der Waals surface area contributed by atoms with E-state index in [1.165, 1.54) is 25.3 Å². The van der Waals surface area contributed by atoms with Crippen LogP contribution in [0.3, 0.4) is 0 Å². The van der Waals surface area contributed by atoms with Gasteiger partial charge < -0.3 is 14.6 Å². The summed E-state index contributed by atoms with van der Waals surface area (Å²) in [5.41, 5.74) is 1.49. The van der Waals surface area contributed by atoms with Crippen molar-refractivity contribution in [2.24, 2.45) is 0 Å². The van der Waals surface area contributed by atoms with Gasteiger partial charge in [-0.15, -0.1) is 6.58 Å². The first-order chi connectivity index (χ1) is 16.2. The van der Waals surface area contributed by atoms with E-state index in [-0.39, 0.29) is 22.8 Å². The number of ether oxygens (including phenoxy) is 2. The number of aliphatic carboxylic acids is 1. The smallest absolute Gasteiger partial charge is 0.341 e. The molecule has 1 aliphatic heterocycles. The lowest BCUT2D eigenvalue weighted by molar-refractivity contribution is -0.139. The van der Waals surface area contributed by atoms with E-state index >= 15 is 0 Å². The summed E-state index contributed by atoms with van der Waals surface area (Å²) >= 11 is 6.05. The predicted molar refractivity (Wildman–Crippen MR) is 125 cm³/mol. The number of carbonyl (C=O) groups excluding carboxylic acids is 3. The molecule has 2 aromatic rings. The largest absolute Gasteiger partial charge is 0.493 e. The molecule has 2 N–H and O–H groups in total. The van der Waals surface area contributed by atoms with Crippen LogP contribution in [0.1, 0.15) is 16.7 Å². The zero-order valence-electron chi connectivity index (χ0n) is 18.4. The number of aryl methyl sites for hydroxylation is 1. The van der Waals surface area contributed by atoms with Gasteiger partial charge in [0, 0.05) is 10.6 Å². The lowest BCUT2D eigenvalue weighted by Crippen LogP contribution is -2.54. The van der Waals surface area contributed by atoms with Crippen LogP contribution in [-0.4, -0.2) is 42.6 Å². The zero-order valence-corrected chi connectivity index (χ0v) is 19.1. The molecule has 34 heavy (non-hydrogen) atoms. The van der Waals surface area contributed by atoms with Crippen LogP contribution in [0.25, 0.3) is 6.08 Å². The molecule has 0 bridgehead atoms. The summed E-state index contributed by atoms with van der Waals surface area (Å²) in [7, 11) is 1.37. The summed E-state index contributed by atoms with van der Waals surface area (Å²) in [5.74, 6) is -2.44. The van der Waals surface area contributed by atoms with Gasteiger partial charge in [-0.2, -0.15) is 0 Å². The Hall–Kier alpha value is -4.11. The number of nitrogens with zero attached hydrogens (tertiary/aromatic N) is 1. The number of halogens is 1. The van der Waals surface area contributed by atoms with Crippen molar-refractivity contribution in [2.75, 3.05) is 18.6 Å². The standard InChI is InChI=1S/C24H21ClN2O7/c1-4-5-15-8-14(10-19(33-3)21(15)34-12-20(28)29)9-17-22(30)26-24(32)27(23(17)31)18-11-16(25)7-6-13(18)2/h4,6-11H,1,5,12H2,2-3H3,(H,28,29)(H,26,30,32)/b17-9+. The first-order valence-electron chi connectivity index (χ1n) is 10.00. The van der Waals surface area contributed by atoms with Crippen LogP contribution >= 0.6 is 11.6 Å². The molecular formula is C24H21ClN2O7. The van der Waals surface area contributed by atoms with Gasteiger partial charge in [0.25, 0.3) is 11.8 Å². The highest BCUT2D eigenvalue weighted by Crippen LogP contribution is 2.35.